The highest BCUT2D eigenvalue weighted by molar-refractivity contribution is 7.80. The molecule has 1 unspecified atom stereocenters. The van der Waals surface area contributed by atoms with Crippen molar-refractivity contribution in [3.63, 3.8) is 0 Å². The fourth-order valence-corrected chi connectivity index (χ4v) is 4.99. The van der Waals surface area contributed by atoms with E-state index in [2.05, 4.69) is 19.7 Å². The van der Waals surface area contributed by atoms with E-state index < -0.39 is 51.6 Å². The Morgan fingerprint density at radius 1 is 1.38 bits per heavy atom. The number of nitrogens with two attached hydrogens (primary N) is 2. The third-order valence-electron chi connectivity index (χ3n) is 6.12. The average molecular weight is 609 g/mol. The lowest BCUT2D eigenvalue weighted by Gasteiger charge is -2.50. The smallest absolute Gasteiger partial charge is 0.418 e. The second kappa shape index (κ2) is 12.7. The molecule has 3 heterocycles. The van der Waals surface area contributed by atoms with Crippen LogP contribution in [-0.2, 0) is 38.6 Å². The molecule has 18 nitrogen and oxygen atoms in total. The molecule has 0 aromatic carbocycles. The molecule has 2 aliphatic rings. The number of carbonyl (C=O) groups excluding carboxylic acids is 2. The lowest BCUT2D eigenvalue weighted by Crippen LogP contribution is -2.76. The van der Waals surface area contributed by atoms with E-state index in [9.17, 15) is 27.9 Å². The molecule has 224 valence electrons. The molecule has 1 aromatic rings. The summed E-state index contributed by atoms with van der Waals surface area (Å²) in [7, 11) is -3.12. The summed E-state index contributed by atoms with van der Waals surface area (Å²) in [5.74, 6) is -3.38. The molecule has 0 bridgehead atoms. The molecule has 2 aliphatic heterocycles. The Morgan fingerprint density at radius 3 is 2.62 bits per heavy atom. The first-order valence-corrected chi connectivity index (χ1v) is 14.2. The molecule has 3 atom stereocenters. The minimum absolute atomic E-state index is 0.0614. The SMILES string of the molecule is CN1CC(OC[C@H](O/N=C(\C(=O)N[C@@H]2C(=O)N(OS(=O)(=O)O)C2(C)C)c2csc(N)n2)C(=O)O)CN1CCCN. The van der Waals surface area contributed by atoms with Crippen LogP contribution in [0.1, 0.15) is 26.0 Å². The van der Waals surface area contributed by atoms with Crippen LogP contribution < -0.4 is 16.8 Å². The number of β-lactam (4-membered cyclic amide) rings is 1. The molecule has 2 amide bonds. The molecule has 7 N–H and O–H groups in total. The molecular weight excluding hydrogens is 576 g/mol. The van der Waals surface area contributed by atoms with Gasteiger partial charge in [-0.25, -0.2) is 19.8 Å². The van der Waals surface area contributed by atoms with E-state index in [0.29, 0.717) is 24.7 Å². The third kappa shape index (κ3) is 7.60. The summed E-state index contributed by atoms with van der Waals surface area (Å²) in [6, 6.07) is -1.30. The quantitative estimate of drug-likeness (QED) is 0.0640. The number of amides is 2. The van der Waals surface area contributed by atoms with Gasteiger partial charge in [0.15, 0.2) is 10.8 Å². The number of aliphatic carboxylic acids is 1. The molecule has 20 heteroatoms. The number of hydrogen-bond donors (Lipinski definition) is 5. The van der Waals surface area contributed by atoms with Gasteiger partial charge in [-0.15, -0.1) is 15.6 Å². The van der Waals surface area contributed by atoms with Gasteiger partial charge in [0.2, 0.25) is 6.10 Å². The summed E-state index contributed by atoms with van der Waals surface area (Å²) in [5, 5.41) is 21.5. The second-order valence-corrected chi connectivity index (χ2v) is 11.4. The van der Waals surface area contributed by atoms with Gasteiger partial charge in [-0.3, -0.25) is 14.1 Å². The van der Waals surface area contributed by atoms with Gasteiger partial charge in [0, 0.05) is 32.1 Å². The molecule has 0 radical (unpaired) electrons. The van der Waals surface area contributed by atoms with Gasteiger partial charge in [0.05, 0.1) is 18.2 Å². The Kier molecular flexibility index (Phi) is 10.0. The summed E-state index contributed by atoms with van der Waals surface area (Å²) >= 11 is 0.972. The van der Waals surface area contributed by atoms with Crippen molar-refractivity contribution in [1.29, 1.82) is 0 Å². The Morgan fingerprint density at radius 2 is 2.08 bits per heavy atom. The van der Waals surface area contributed by atoms with Gasteiger partial charge < -0.3 is 31.5 Å². The van der Waals surface area contributed by atoms with E-state index >= 15 is 0 Å². The summed E-state index contributed by atoms with van der Waals surface area (Å²) < 4.78 is 41.0. The second-order valence-electron chi connectivity index (χ2n) is 9.49. The minimum atomic E-state index is -5.00. The highest BCUT2D eigenvalue weighted by atomic mass is 32.3. The number of thiazole rings is 1. The van der Waals surface area contributed by atoms with Gasteiger partial charge in [-0.1, -0.05) is 5.16 Å². The van der Waals surface area contributed by atoms with E-state index in [1.807, 2.05) is 17.1 Å². The van der Waals surface area contributed by atoms with Crippen LogP contribution in [-0.4, -0.2) is 125 Å². The topological polar surface area (TPSA) is 253 Å². The van der Waals surface area contributed by atoms with Gasteiger partial charge in [0.25, 0.3) is 11.8 Å². The fraction of sp³-hybridized carbons (Fsp3) is 0.650. The number of hydroxylamine groups is 2. The number of likely N-dealkylation sites (N-methyl/N-ethyl adjacent to an activating group) is 1. The Balaban J connectivity index is 1.70. The fourth-order valence-electron chi connectivity index (χ4n) is 3.99. The Hall–Kier alpha value is -2.98. The van der Waals surface area contributed by atoms with Crippen molar-refractivity contribution in [2.75, 3.05) is 45.6 Å². The van der Waals surface area contributed by atoms with Gasteiger partial charge >= 0.3 is 16.4 Å². The zero-order valence-electron chi connectivity index (χ0n) is 21.9. The number of hydrazine groups is 1. The number of nitrogens with one attached hydrogen (secondary N) is 1. The lowest BCUT2D eigenvalue weighted by molar-refractivity contribution is -0.218. The maximum atomic E-state index is 13.1. The van der Waals surface area contributed by atoms with E-state index in [4.69, 9.17) is 25.6 Å². The lowest BCUT2D eigenvalue weighted by atomic mass is 9.84. The van der Waals surface area contributed by atoms with E-state index in [1.165, 1.54) is 19.2 Å². The summed E-state index contributed by atoms with van der Waals surface area (Å²) in [6.45, 7) is 4.67. The Labute approximate surface area is 233 Å². The summed E-state index contributed by atoms with van der Waals surface area (Å²) in [4.78, 5) is 46.5. The van der Waals surface area contributed by atoms with Crippen molar-refractivity contribution in [2.45, 2.75) is 44.1 Å². The molecule has 3 rings (SSSR count). The monoisotopic (exact) mass is 608 g/mol. The number of nitrogens with zero attached hydrogens (tertiary/aromatic N) is 5. The van der Waals surface area contributed by atoms with Crippen molar-refractivity contribution in [2.24, 2.45) is 10.9 Å². The number of rotatable bonds is 14. The van der Waals surface area contributed by atoms with Crippen molar-refractivity contribution >= 4 is 50.4 Å². The van der Waals surface area contributed by atoms with Gasteiger partial charge in [0.1, 0.15) is 11.7 Å². The zero-order valence-corrected chi connectivity index (χ0v) is 23.6. The normalized spacial score (nSPS) is 22.7. The number of oxime groups is 1. The maximum Gasteiger partial charge on any atom is 0.418 e. The van der Waals surface area contributed by atoms with Crippen molar-refractivity contribution in [3.05, 3.63) is 11.1 Å². The van der Waals surface area contributed by atoms with Crippen molar-refractivity contribution in [3.8, 4) is 0 Å². The maximum absolute atomic E-state index is 13.1. The molecule has 0 spiro atoms. The van der Waals surface area contributed by atoms with E-state index in [-0.39, 0.29) is 23.5 Å². The first-order chi connectivity index (χ1) is 18.6. The number of carboxylic acid groups (broad SMARTS) is 1. The van der Waals surface area contributed by atoms with Crippen molar-refractivity contribution < 1.29 is 46.3 Å². The van der Waals surface area contributed by atoms with Crippen LogP contribution in [0.4, 0.5) is 5.13 Å². The van der Waals surface area contributed by atoms with Gasteiger partial charge in [-0.05, 0) is 26.8 Å². The van der Waals surface area contributed by atoms with Gasteiger partial charge in [-0.2, -0.15) is 13.5 Å². The molecule has 0 aliphatic carbocycles. The number of hydrogen-bond acceptors (Lipinski definition) is 15. The highest BCUT2D eigenvalue weighted by Gasteiger charge is 2.58. The standard InChI is InChI=1S/C20H32N8O10S2/c1-20(2)15(17(30)28(20)38-40(33,34)35)24-16(29)14(12-10-39-19(22)23-12)25-37-13(18(31)32)9-36-11-7-26(3)27(8-11)6-4-5-21/h10-11,13,15H,4-9,21H2,1-3H3,(H2,22,23)(H,24,29)(H,31,32)(H,33,34,35)/b25-14-/t11?,13-,15+/m0/s1. The van der Waals surface area contributed by atoms with E-state index in [1.54, 1.807) is 0 Å². The average Bonchev–Trinajstić information content (AvgIpc) is 3.45. The third-order valence-corrected chi connectivity index (χ3v) is 7.13. The van der Waals surface area contributed by atoms with Crippen LogP contribution in [0, 0.1) is 0 Å². The highest BCUT2D eigenvalue weighted by Crippen LogP contribution is 2.33. The van der Waals surface area contributed by atoms with Crippen LogP contribution in [0.2, 0.25) is 0 Å². The number of aromatic nitrogens is 1. The molecule has 1 aromatic heterocycles. The molecular formula is C20H32N8O10S2. The number of ether oxygens (including phenoxy) is 1. The van der Waals surface area contributed by atoms with Crippen LogP contribution in [0.15, 0.2) is 10.5 Å². The molecule has 0 saturated carbocycles. The largest absolute Gasteiger partial charge is 0.478 e. The molecule has 2 fully saturated rings. The van der Waals surface area contributed by atoms with E-state index in [0.717, 1.165) is 24.3 Å². The van der Waals surface area contributed by atoms with Crippen LogP contribution >= 0.6 is 11.3 Å². The number of anilines is 1. The Bertz CT molecular complexity index is 1240. The molecule has 40 heavy (non-hydrogen) atoms. The minimum Gasteiger partial charge on any atom is -0.478 e. The first-order valence-electron chi connectivity index (χ1n) is 11.9. The molecule has 2 saturated heterocycles. The zero-order chi connectivity index (χ0) is 29.8. The summed E-state index contributed by atoms with van der Waals surface area (Å²) in [5.41, 5.74) is 9.27. The predicted molar refractivity (Wildman–Crippen MR) is 139 cm³/mol. The number of nitrogen functional groups attached to an aromatic ring is 1. The number of carbonyl (C=O) groups is 3. The first kappa shape index (κ1) is 31.5. The van der Waals surface area contributed by atoms with Crippen LogP contribution in [0.5, 0.6) is 0 Å². The van der Waals surface area contributed by atoms with Crippen LogP contribution in [0.3, 0.4) is 0 Å². The van der Waals surface area contributed by atoms with Crippen LogP contribution in [0.25, 0.3) is 0 Å². The summed E-state index contributed by atoms with van der Waals surface area (Å²) in [6.07, 6.45) is -1.12. The number of carboxylic acids is 1. The predicted octanol–water partition coefficient (Wildman–Crippen LogP) is -2.36. The van der Waals surface area contributed by atoms with Crippen molar-refractivity contribution in [1.82, 2.24) is 25.4 Å².